The Morgan fingerprint density at radius 3 is 2.42 bits per heavy atom. The molecule has 1 heterocycles. The number of benzene rings is 1. The average Bonchev–Trinajstić information content (AvgIpc) is 2.56. The van der Waals surface area contributed by atoms with Crippen LogP contribution >= 0.6 is 10.7 Å². The lowest BCUT2D eigenvalue weighted by molar-refractivity contribution is -0.139. The molecular weight excluding hydrogens is 310 g/mol. The van der Waals surface area contributed by atoms with Crippen molar-refractivity contribution in [3.63, 3.8) is 0 Å². The minimum absolute atomic E-state index is 0.184. The monoisotopic (exact) mass is 315 g/mol. The van der Waals surface area contributed by atoms with Gasteiger partial charge in [-0.25, -0.2) is 12.8 Å². The van der Waals surface area contributed by atoms with Gasteiger partial charge in [-0.2, -0.15) is 13.2 Å². The van der Waals surface area contributed by atoms with E-state index in [1.807, 2.05) is 0 Å². The first-order valence-corrected chi connectivity index (χ1v) is 7.19. The number of nitrogens with zero attached hydrogens (tertiary/aromatic N) is 1. The van der Waals surface area contributed by atoms with E-state index in [1.54, 1.807) is 0 Å². The molecular formula is C10H6ClF4NO2S. The molecule has 0 aliphatic heterocycles. The van der Waals surface area contributed by atoms with Crippen LogP contribution in [0.4, 0.5) is 17.6 Å². The molecule has 104 valence electrons. The molecule has 0 atom stereocenters. The average molecular weight is 316 g/mol. The van der Waals surface area contributed by atoms with Crippen LogP contribution in [-0.4, -0.2) is 19.2 Å². The maximum atomic E-state index is 13.6. The maximum absolute atomic E-state index is 13.6. The Hall–Kier alpha value is -1.28. The fraction of sp³-hybridized carbons (Fsp3) is 0.200. The van der Waals surface area contributed by atoms with E-state index in [0.29, 0.717) is 10.8 Å². The number of alkyl halides is 3. The molecule has 0 fully saturated rings. The molecule has 3 nitrogen and oxygen atoms in total. The molecule has 0 aliphatic carbocycles. The standard InChI is InChI=1S/C10H6ClF4NO2S/c11-19(17,18)8-4-16(5-10(13,14)15)7-3-1-2-6(12)9(7)8/h1-4H,5H2. The summed E-state index contributed by atoms with van der Waals surface area (Å²) in [4.78, 5) is -0.675. The topological polar surface area (TPSA) is 39.1 Å². The fourth-order valence-electron chi connectivity index (χ4n) is 1.78. The highest BCUT2D eigenvalue weighted by molar-refractivity contribution is 8.14. The van der Waals surface area contributed by atoms with Crippen LogP contribution in [-0.2, 0) is 15.6 Å². The molecule has 0 spiro atoms. The van der Waals surface area contributed by atoms with E-state index in [1.165, 1.54) is 12.1 Å². The van der Waals surface area contributed by atoms with Crippen molar-refractivity contribution in [3.8, 4) is 0 Å². The highest BCUT2D eigenvalue weighted by atomic mass is 35.7. The van der Waals surface area contributed by atoms with Gasteiger partial charge in [-0.1, -0.05) is 6.07 Å². The van der Waals surface area contributed by atoms with Crippen LogP contribution in [0.15, 0.2) is 29.3 Å². The van der Waals surface area contributed by atoms with E-state index in [2.05, 4.69) is 0 Å². The van der Waals surface area contributed by atoms with Crippen molar-refractivity contribution in [2.75, 3.05) is 0 Å². The minimum atomic E-state index is -4.56. The Kier molecular flexibility index (Phi) is 3.26. The predicted octanol–water partition coefficient (Wildman–Crippen LogP) is 3.27. The molecule has 0 bridgehead atoms. The summed E-state index contributed by atoms with van der Waals surface area (Å²) in [7, 11) is 0.762. The summed E-state index contributed by atoms with van der Waals surface area (Å²) < 4.78 is 73.9. The normalized spacial score (nSPS) is 13.1. The van der Waals surface area contributed by atoms with Crippen molar-refractivity contribution in [2.24, 2.45) is 0 Å². The molecule has 0 radical (unpaired) electrons. The number of rotatable bonds is 2. The molecule has 9 heteroatoms. The summed E-state index contributed by atoms with van der Waals surface area (Å²) in [5.41, 5.74) is -0.184. The van der Waals surface area contributed by atoms with Gasteiger partial charge in [-0.3, -0.25) is 0 Å². The lowest BCUT2D eigenvalue weighted by Crippen LogP contribution is -2.16. The summed E-state index contributed by atoms with van der Waals surface area (Å²) in [6, 6.07) is 3.33. The van der Waals surface area contributed by atoms with Crippen LogP contribution in [0.3, 0.4) is 0 Å². The van der Waals surface area contributed by atoms with Gasteiger partial charge < -0.3 is 4.57 Å². The molecule has 2 aromatic rings. The molecule has 2 rings (SSSR count). The van der Waals surface area contributed by atoms with Gasteiger partial charge in [0.25, 0.3) is 9.05 Å². The highest BCUT2D eigenvalue weighted by Crippen LogP contribution is 2.32. The second-order valence-corrected chi connectivity index (χ2v) is 6.34. The van der Waals surface area contributed by atoms with Crippen LogP contribution in [0.5, 0.6) is 0 Å². The molecule has 1 aromatic heterocycles. The first-order chi connectivity index (χ1) is 8.59. The predicted molar refractivity (Wildman–Crippen MR) is 61.0 cm³/mol. The second-order valence-electron chi connectivity index (χ2n) is 3.81. The van der Waals surface area contributed by atoms with Crippen molar-refractivity contribution >= 4 is 30.6 Å². The number of hydrogen-bond donors (Lipinski definition) is 0. The van der Waals surface area contributed by atoms with Gasteiger partial charge in [0.05, 0.1) is 10.9 Å². The molecule has 1 aromatic carbocycles. The minimum Gasteiger partial charge on any atom is -0.337 e. The largest absolute Gasteiger partial charge is 0.406 e. The molecule has 0 aliphatic rings. The van der Waals surface area contributed by atoms with E-state index >= 15 is 0 Å². The van der Waals surface area contributed by atoms with Crippen LogP contribution in [0.25, 0.3) is 10.9 Å². The van der Waals surface area contributed by atoms with E-state index in [9.17, 15) is 26.0 Å². The number of fused-ring (bicyclic) bond motifs is 1. The Morgan fingerprint density at radius 1 is 1.26 bits per heavy atom. The number of aromatic nitrogens is 1. The first kappa shape index (κ1) is 14.1. The fourth-order valence-corrected chi connectivity index (χ4v) is 2.83. The first-order valence-electron chi connectivity index (χ1n) is 4.88. The van der Waals surface area contributed by atoms with Crippen molar-refractivity contribution in [3.05, 3.63) is 30.2 Å². The van der Waals surface area contributed by atoms with Gasteiger partial charge >= 0.3 is 6.18 Å². The molecule has 0 amide bonds. The molecule has 0 unspecified atom stereocenters. The Labute approximate surface area is 109 Å². The highest BCUT2D eigenvalue weighted by Gasteiger charge is 2.30. The van der Waals surface area contributed by atoms with Crippen molar-refractivity contribution < 1.29 is 26.0 Å². The summed E-state index contributed by atoms with van der Waals surface area (Å²) in [6.07, 6.45) is -3.88. The Bertz CT molecular complexity index is 736. The Balaban J connectivity index is 2.79. The van der Waals surface area contributed by atoms with Gasteiger partial charge in [0, 0.05) is 16.9 Å². The molecule has 0 saturated heterocycles. The van der Waals surface area contributed by atoms with Crippen molar-refractivity contribution in [1.29, 1.82) is 0 Å². The molecule has 0 N–H and O–H groups in total. The van der Waals surface area contributed by atoms with E-state index in [-0.39, 0.29) is 5.52 Å². The Morgan fingerprint density at radius 2 is 1.89 bits per heavy atom. The molecule has 0 saturated carbocycles. The van der Waals surface area contributed by atoms with Gasteiger partial charge in [-0.15, -0.1) is 0 Å². The number of halogens is 5. The van der Waals surface area contributed by atoms with Crippen LogP contribution in [0.2, 0.25) is 0 Å². The third-order valence-electron chi connectivity index (χ3n) is 2.43. The van der Waals surface area contributed by atoms with Gasteiger partial charge in [0.15, 0.2) is 0 Å². The van der Waals surface area contributed by atoms with Crippen LogP contribution < -0.4 is 0 Å². The van der Waals surface area contributed by atoms with Crippen LogP contribution in [0.1, 0.15) is 0 Å². The number of hydrogen-bond acceptors (Lipinski definition) is 2. The van der Waals surface area contributed by atoms with Crippen molar-refractivity contribution in [1.82, 2.24) is 4.57 Å². The van der Waals surface area contributed by atoms with Gasteiger partial charge in [0.1, 0.15) is 17.3 Å². The maximum Gasteiger partial charge on any atom is 0.406 e. The second kappa shape index (κ2) is 4.38. The van der Waals surface area contributed by atoms with Crippen molar-refractivity contribution in [2.45, 2.75) is 17.6 Å². The lowest BCUT2D eigenvalue weighted by Gasteiger charge is -2.08. The van der Waals surface area contributed by atoms with Crippen LogP contribution in [0, 0.1) is 5.82 Å². The van der Waals surface area contributed by atoms with E-state index in [4.69, 9.17) is 10.7 Å². The quantitative estimate of drug-likeness (QED) is 0.630. The zero-order valence-corrected chi connectivity index (χ0v) is 10.7. The smallest absolute Gasteiger partial charge is 0.337 e. The summed E-state index contributed by atoms with van der Waals surface area (Å²) in [5.74, 6) is -0.947. The molecule has 19 heavy (non-hydrogen) atoms. The lowest BCUT2D eigenvalue weighted by atomic mass is 10.2. The van der Waals surface area contributed by atoms with E-state index < -0.39 is 37.9 Å². The van der Waals surface area contributed by atoms with Gasteiger partial charge in [-0.05, 0) is 12.1 Å². The van der Waals surface area contributed by atoms with Gasteiger partial charge in [0.2, 0.25) is 0 Å². The third-order valence-corrected chi connectivity index (χ3v) is 3.77. The summed E-state index contributed by atoms with van der Waals surface area (Å²) in [6.45, 7) is -1.43. The summed E-state index contributed by atoms with van der Waals surface area (Å²) in [5, 5.41) is -0.443. The summed E-state index contributed by atoms with van der Waals surface area (Å²) >= 11 is 0. The third kappa shape index (κ3) is 2.84. The SMILES string of the molecule is O=S(=O)(Cl)c1cn(CC(F)(F)F)c2cccc(F)c12. The zero-order valence-electron chi connectivity index (χ0n) is 9.08. The zero-order chi connectivity index (χ0) is 14.4. The van der Waals surface area contributed by atoms with E-state index in [0.717, 1.165) is 6.07 Å².